The van der Waals surface area contributed by atoms with E-state index in [-0.39, 0.29) is 13.1 Å². The summed E-state index contributed by atoms with van der Waals surface area (Å²) < 4.78 is 0. The minimum atomic E-state index is -1.60. The Hall–Kier alpha value is -5.21. The maximum atomic E-state index is 12.9. The molecule has 0 aromatic carbocycles. The van der Waals surface area contributed by atoms with Gasteiger partial charge in [0.15, 0.2) is 0 Å². The molecule has 1 unspecified atom stereocenters. The number of urea groups is 2. The Morgan fingerprint density at radius 1 is 0.744 bits per heavy atom. The van der Waals surface area contributed by atoms with Crippen LogP contribution < -0.4 is 0 Å². The number of pyridine rings is 1. The number of hydrogen-bond acceptors (Lipinski definition) is 9. The molecule has 15 heteroatoms. The Labute approximate surface area is 247 Å². The standard InChI is InChI=1S/C23H28N4O10.C5H5N/c1-3-5-10-24-18(32)14(20(34)26(22(24)36)12-16(28)29)8-7-9-15-19(33)25(11-6-4-2)23(37)27(21(15)35)13-17(30)31;1-2-4-6-5-3-1/h7-9,14H,3-6,10-13H2,1-2H3,(H,28,29)(H,30,31);1-5H. The van der Waals surface area contributed by atoms with Crippen LogP contribution in [0, 0.1) is 5.92 Å². The number of allylic oxidation sites excluding steroid dienone is 2. The van der Waals surface area contributed by atoms with Gasteiger partial charge in [0.25, 0.3) is 11.8 Å². The highest BCUT2D eigenvalue weighted by Gasteiger charge is 2.45. The maximum Gasteiger partial charge on any atom is 0.334 e. The molecule has 0 saturated carbocycles. The molecule has 3 heterocycles. The number of nitrogens with zero attached hydrogens (tertiary/aromatic N) is 5. The van der Waals surface area contributed by atoms with Gasteiger partial charge in [0.2, 0.25) is 11.8 Å². The summed E-state index contributed by atoms with van der Waals surface area (Å²) in [5, 5.41) is 18.2. The molecule has 2 aliphatic rings. The van der Waals surface area contributed by atoms with Crippen molar-refractivity contribution >= 4 is 47.6 Å². The van der Waals surface area contributed by atoms with Gasteiger partial charge in [0.05, 0.1) is 0 Å². The van der Waals surface area contributed by atoms with Crippen molar-refractivity contribution in [1.29, 1.82) is 0 Å². The molecule has 0 spiro atoms. The Balaban J connectivity index is 0.000000953. The quantitative estimate of drug-likeness (QED) is 0.200. The topological polar surface area (TPSA) is 203 Å². The van der Waals surface area contributed by atoms with E-state index < -0.39 is 72.2 Å². The van der Waals surface area contributed by atoms with Gasteiger partial charge < -0.3 is 10.2 Å². The van der Waals surface area contributed by atoms with E-state index in [4.69, 9.17) is 10.2 Å². The third-order valence-electron chi connectivity index (χ3n) is 6.13. The fraction of sp³-hybridized carbons (Fsp3) is 0.393. The highest BCUT2D eigenvalue weighted by molar-refractivity contribution is 6.29. The van der Waals surface area contributed by atoms with Crippen LogP contribution in [-0.2, 0) is 28.8 Å². The van der Waals surface area contributed by atoms with E-state index in [0.717, 1.165) is 28.0 Å². The van der Waals surface area contributed by atoms with Crippen molar-refractivity contribution in [3.63, 3.8) is 0 Å². The molecule has 43 heavy (non-hydrogen) atoms. The van der Waals surface area contributed by atoms with Crippen LogP contribution in [0.3, 0.4) is 0 Å². The van der Waals surface area contributed by atoms with Gasteiger partial charge in [0, 0.05) is 25.5 Å². The Bertz CT molecular complexity index is 1280. The zero-order valence-electron chi connectivity index (χ0n) is 23.7. The van der Waals surface area contributed by atoms with Crippen molar-refractivity contribution < 1.29 is 48.6 Å². The van der Waals surface area contributed by atoms with E-state index in [1.807, 2.05) is 25.1 Å². The highest BCUT2D eigenvalue weighted by Crippen LogP contribution is 2.22. The lowest BCUT2D eigenvalue weighted by Gasteiger charge is -2.35. The SMILES string of the molecule is CCCCN1C(=O)C(=CC=CC2C(=O)N(CCCC)C(=O)N(CC(=O)O)C2=O)C(=O)N(CC(=O)O)C1=O.c1ccncc1. The first-order chi connectivity index (χ1) is 20.5. The minimum absolute atomic E-state index is 0.0430. The molecule has 2 N–H and O–H groups in total. The lowest BCUT2D eigenvalue weighted by Crippen LogP contribution is -2.60. The summed E-state index contributed by atoms with van der Waals surface area (Å²) >= 11 is 0. The average molecular weight is 600 g/mol. The number of aliphatic carboxylic acids is 2. The van der Waals surface area contributed by atoms with E-state index in [0.29, 0.717) is 35.5 Å². The second-order valence-electron chi connectivity index (χ2n) is 9.29. The van der Waals surface area contributed by atoms with Gasteiger partial charge in [-0.1, -0.05) is 44.9 Å². The van der Waals surface area contributed by atoms with Gasteiger partial charge in [-0.05, 0) is 31.1 Å². The van der Waals surface area contributed by atoms with Gasteiger partial charge in [-0.15, -0.1) is 0 Å². The lowest BCUT2D eigenvalue weighted by atomic mass is 10.0. The van der Waals surface area contributed by atoms with Crippen molar-refractivity contribution in [2.45, 2.75) is 39.5 Å². The number of amides is 8. The summed E-state index contributed by atoms with van der Waals surface area (Å²) in [6.45, 7) is 1.57. The number of imide groups is 4. The summed E-state index contributed by atoms with van der Waals surface area (Å²) in [6.07, 6.45) is 8.52. The van der Waals surface area contributed by atoms with Gasteiger partial charge in [-0.25, -0.2) is 14.5 Å². The Morgan fingerprint density at radius 3 is 1.72 bits per heavy atom. The molecule has 1 atom stereocenters. The number of unbranched alkanes of at least 4 members (excludes halogenated alkanes) is 2. The van der Waals surface area contributed by atoms with Gasteiger partial charge in [-0.3, -0.25) is 48.5 Å². The number of barbiturate groups is 2. The van der Waals surface area contributed by atoms with Crippen molar-refractivity contribution in [3.05, 3.63) is 54.4 Å². The number of aromatic nitrogens is 1. The summed E-state index contributed by atoms with van der Waals surface area (Å²) in [4.78, 5) is 105. The minimum Gasteiger partial charge on any atom is -0.480 e. The molecule has 0 aliphatic carbocycles. The lowest BCUT2D eigenvalue weighted by molar-refractivity contribution is -0.151. The van der Waals surface area contributed by atoms with E-state index >= 15 is 0 Å². The first kappa shape index (κ1) is 34.0. The first-order valence-electron chi connectivity index (χ1n) is 13.5. The molecule has 2 saturated heterocycles. The monoisotopic (exact) mass is 599 g/mol. The predicted molar refractivity (Wildman–Crippen MR) is 148 cm³/mol. The molecule has 3 rings (SSSR count). The summed E-state index contributed by atoms with van der Waals surface area (Å²) in [6, 6.07) is 3.59. The number of rotatable bonds is 12. The normalized spacial score (nSPS) is 18.5. The van der Waals surface area contributed by atoms with Crippen molar-refractivity contribution in [2.75, 3.05) is 26.2 Å². The van der Waals surface area contributed by atoms with Crippen LogP contribution in [0.5, 0.6) is 0 Å². The first-order valence-corrected chi connectivity index (χ1v) is 13.5. The molecule has 230 valence electrons. The van der Waals surface area contributed by atoms with Crippen LogP contribution >= 0.6 is 0 Å². The Kier molecular flexibility index (Phi) is 12.9. The largest absolute Gasteiger partial charge is 0.480 e. The van der Waals surface area contributed by atoms with Gasteiger partial charge in [-0.2, -0.15) is 0 Å². The molecular weight excluding hydrogens is 566 g/mol. The van der Waals surface area contributed by atoms with Crippen LogP contribution in [0.25, 0.3) is 0 Å². The van der Waals surface area contributed by atoms with Crippen molar-refractivity contribution in [2.24, 2.45) is 5.92 Å². The predicted octanol–water partition coefficient (Wildman–Crippen LogP) is 1.52. The van der Waals surface area contributed by atoms with Gasteiger partial charge in [0.1, 0.15) is 24.6 Å². The second kappa shape index (κ2) is 16.3. The Morgan fingerprint density at radius 2 is 1.23 bits per heavy atom. The molecule has 0 radical (unpaired) electrons. The zero-order valence-corrected chi connectivity index (χ0v) is 23.7. The van der Waals surface area contributed by atoms with Crippen LogP contribution in [0.1, 0.15) is 39.5 Å². The van der Waals surface area contributed by atoms with Crippen molar-refractivity contribution in [3.8, 4) is 0 Å². The number of carbonyl (C=O) groups excluding carboxylic acids is 6. The zero-order chi connectivity index (χ0) is 32.1. The third-order valence-corrected chi connectivity index (χ3v) is 6.13. The summed E-state index contributed by atoms with van der Waals surface area (Å²) in [5.74, 6) is -8.67. The summed E-state index contributed by atoms with van der Waals surface area (Å²) in [7, 11) is 0. The molecule has 1 aromatic rings. The number of carboxylic acid groups (broad SMARTS) is 2. The molecular formula is C28H33N5O10. The van der Waals surface area contributed by atoms with E-state index in [1.54, 1.807) is 19.3 Å². The highest BCUT2D eigenvalue weighted by atomic mass is 16.4. The number of carboxylic acids is 2. The van der Waals surface area contributed by atoms with E-state index in [1.165, 1.54) is 0 Å². The van der Waals surface area contributed by atoms with E-state index in [2.05, 4.69) is 4.98 Å². The summed E-state index contributed by atoms with van der Waals surface area (Å²) in [5.41, 5.74) is -0.565. The fourth-order valence-corrected chi connectivity index (χ4v) is 3.95. The molecule has 2 aliphatic heterocycles. The molecule has 8 amide bonds. The van der Waals surface area contributed by atoms with Gasteiger partial charge >= 0.3 is 24.0 Å². The van der Waals surface area contributed by atoms with Crippen LogP contribution in [0.2, 0.25) is 0 Å². The maximum absolute atomic E-state index is 12.9. The molecule has 1 aromatic heterocycles. The van der Waals surface area contributed by atoms with E-state index in [9.17, 15) is 38.4 Å². The molecule has 0 bridgehead atoms. The average Bonchev–Trinajstić information content (AvgIpc) is 2.97. The van der Waals surface area contributed by atoms with Crippen LogP contribution in [-0.4, -0.2) is 109 Å². The third kappa shape index (κ3) is 8.89. The molecule has 2 fully saturated rings. The smallest absolute Gasteiger partial charge is 0.334 e. The van der Waals surface area contributed by atoms with Crippen LogP contribution in [0.15, 0.2) is 54.4 Å². The molecule has 15 nitrogen and oxygen atoms in total. The number of carbonyl (C=O) groups is 8. The second-order valence-corrected chi connectivity index (χ2v) is 9.29. The fourth-order valence-electron chi connectivity index (χ4n) is 3.95. The number of hydrogen-bond donors (Lipinski definition) is 2. The van der Waals surface area contributed by atoms with Crippen molar-refractivity contribution in [1.82, 2.24) is 24.6 Å². The van der Waals surface area contributed by atoms with Crippen LogP contribution in [0.4, 0.5) is 9.59 Å².